The number of carbonyl (C=O) groups excluding carboxylic acids is 1. The molecule has 0 aliphatic carbocycles. The molecule has 0 saturated heterocycles. The van der Waals surface area contributed by atoms with Crippen LogP contribution < -0.4 is 19.9 Å². The van der Waals surface area contributed by atoms with Crippen molar-refractivity contribution in [1.29, 1.82) is 0 Å². The maximum Gasteiger partial charge on any atom is 0.358 e. The van der Waals surface area contributed by atoms with Crippen LogP contribution in [-0.2, 0) is 4.74 Å². The number of rotatable bonds is 1. The van der Waals surface area contributed by atoms with Gasteiger partial charge in [-0.05, 0) is 43.5 Å². The Balaban J connectivity index is 1.79. The maximum absolute atomic E-state index is 12.8. The van der Waals surface area contributed by atoms with Gasteiger partial charge in [-0.15, -0.1) is 4.52 Å². The maximum atomic E-state index is 12.8. The summed E-state index contributed by atoms with van der Waals surface area (Å²) in [7, 11) is 0. The number of aromatic nitrogens is 3. The van der Waals surface area contributed by atoms with Crippen LogP contribution in [0, 0.1) is 0 Å². The van der Waals surface area contributed by atoms with Crippen molar-refractivity contribution in [2.75, 3.05) is 31.7 Å². The lowest BCUT2D eigenvalue weighted by atomic mass is 10.0. The van der Waals surface area contributed by atoms with Gasteiger partial charge >= 0.3 is 5.65 Å². The van der Waals surface area contributed by atoms with Gasteiger partial charge < -0.3 is 20.1 Å². The van der Waals surface area contributed by atoms with Gasteiger partial charge in [0.2, 0.25) is 5.82 Å². The number of anilines is 1. The van der Waals surface area contributed by atoms with Gasteiger partial charge in [-0.25, -0.2) is 5.10 Å². The van der Waals surface area contributed by atoms with E-state index in [9.17, 15) is 4.79 Å². The van der Waals surface area contributed by atoms with E-state index in [-0.39, 0.29) is 11.4 Å². The molecule has 8 nitrogen and oxygen atoms in total. The summed E-state index contributed by atoms with van der Waals surface area (Å²) in [5.41, 5.74) is 2.78. The molecule has 29 heavy (non-hydrogen) atoms. The first kappa shape index (κ1) is 19.2. The van der Waals surface area contributed by atoms with Gasteiger partial charge in [0, 0.05) is 18.2 Å². The number of ether oxygens (including phenoxy) is 2. The van der Waals surface area contributed by atoms with E-state index in [4.69, 9.17) is 14.5 Å². The number of hydrogen-bond donors (Lipinski definition) is 3. The molecule has 1 aliphatic rings. The summed E-state index contributed by atoms with van der Waals surface area (Å²) in [5.74, 6) is 1.14. The number of aromatic amines is 1. The molecule has 0 fully saturated rings. The van der Waals surface area contributed by atoms with Crippen LogP contribution in [-0.4, -0.2) is 47.9 Å². The highest BCUT2D eigenvalue weighted by Crippen LogP contribution is 2.29. The molecule has 1 aliphatic heterocycles. The van der Waals surface area contributed by atoms with Crippen molar-refractivity contribution < 1.29 is 18.8 Å². The van der Waals surface area contributed by atoms with Crippen molar-refractivity contribution in [2.24, 2.45) is 0 Å². The summed E-state index contributed by atoms with van der Waals surface area (Å²) in [6, 6.07) is 7.50. The molecule has 3 heterocycles. The number of fused-ring (bicyclic) bond motifs is 4. The number of nitrogens with one attached hydrogen (secondary N) is 3. The fourth-order valence-electron chi connectivity index (χ4n) is 3.19. The number of nitrogens with zero attached hydrogens (tertiary/aromatic N) is 2. The summed E-state index contributed by atoms with van der Waals surface area (Å²) >= 11 is 0. The molecule has 0 atom stereocenters. The molecule has 4 bridgehead atoms. The third-order valence-electron chi connectivity index (χ3n) is 4.49. The van der Waals surface area contributed by atoms with Crippen molar-refractivity contribution in [2.45, 2.75) is 26.3 Å². The Kier molecular flexibility index (Phi) is 5.10. The molecule has 3 aromatic rings. The smallest absolute Gasteiger partial charge is 0.358 e. The minimum Gasteiger partial charge on any atom is -0.490 e. The lowest BCUT2D eigenvalue weighted by molar-refractivity contribution is -0.578. The van der Waals surface area contributed by atoms with Gasteiger partial charge in [0.1, 0.15) is 18.6 Å². The van der Waals surface area contributed by atoms with E-state index in [0.29, 0.717) is 37.7 Å². The van der Waals surface area contributed by atoms with Crippen LogP contribution in [0.5, 0.6) is 5.75 Å². The molecule has 3 N–H and O–H groups in total. The van der Waals surface area contributed by atoms with E-state index >= 15 is 0 Å². The first-order chi connectivity index (χ1) is 13.9. The van der Waals surface area contributed by atoms with Gasteiger partial charge in [-0.2, -0.15) is 0 Å². The predicted octanol–water partition coefficient (Wildman–Crippen LogP) is 2.16. The van der Waals surface area contributed by atoms with Gasteiger partial charge in [-0.3, -0.25) is 4.79 Å². The number of carbonyl (C=O) groups is 1. The van der Waals surface area contributed by atoms with Gasteiger partial charge in [0.05, 0.1) is 30.5 Å². The standard InChI is InChI=1S/C21H25N5O3/c1-21(2,3)25-20(27)15-5-4-14-12-17(15)29-11-10-28-9-7-22-18-6-8-26-19(24-18)16(14)13-23-26/h4-6,8,12-13H,7,9-11H2,1-3H3,(H2,22,23,24,25,27)/p+1. The van der Waals surface area contributed by atoms with Crippen LogP contribution in [0.2, 0.25) is 0 Å². The lowest BCUT2D eigenvalue weighted by Gasteiger charge is -2.21. The summed E-state index contributed by atoms with van der Waals surface area (Å²) in [5, 5.41) is 9.45. The Labute approximate surface area is 169 Å². The van der Waals surface area contributed by atoms with Crippen molar-refractivity contribution >= 4 is 17.4 Å². The predicted molar refractivity (Wildman–Crippen MR) is 109 cm³/mol. The third-order valence-corrected chi connectivity index (χ3v) is 4.49. The average molecular weight is 396 g/mol. The summed E-state index contributed by atoms with van der Waals surface area (Å²) in [6.45, 7) is 7.83. The fraction of sp³-hybridized carbons (Fsp3) is 0.381. The molecule has 0 saturated carbocycles. The largest absolute Gasteiger partial charge is 0.490 e. The Morgan fingerprint density at radius 2 is 2.07 bits per heavy atom. The third kappa shape index (κ3) is 4.32. The summed E-state index contributed by atoms with van der Waals surface area (Å²) in [6.07, 6.45) is 3.82. The second kappa shape index (κ2) is 7.71. The lowest BCUT2D eigenvalue weighted by Crippen LogP contribution is -2.40. The Hall–Kier alpha value is -3.13. The topological polar surface area (TPSA) is 92.4 Å². The molecule has 1 aromatic carbocycles. The van der Waals surface area contributed by atoms with E-state index in [1.165, 1.54) is 0 Å². The molecule has 0 spiro atoms. The Morgan fingerprint density at radius 1 is 1.21 bits per heavy atom. The van der Waals surface area contributed by atoms with Crippen LogP contribution in [0.1, 0.15) is 31.1 Å². The molecule has 8 heteroatoms. The first-order valence-electron chi connectivity index (χ1n) is 9.72. The summed E-state index contributed by atoms with van der Waals surface area (Å²) in [4.78, 5) is 17.5. The minimum absolute atomic E-state index is 0.168. The van der Waals surface area contributed by atoms with Crippen LogP contribution in [0.4, 0.5) is 5.82 Å². The molecule has 152 valence electrons. The van der Waals surface area contributed by atoms with Crippen LogP contribution in [0.3, 0.4) is 0 Å². The van der Waals surface area contributed by atoms with E-state index in [1.54, 1.807) is 6.07 Å². The van der Waals surface area contributed by atoms with E-state index in [0.717, 1.165) is 22.6 Å². The minimum atomic E-state index is -0.339. The van der Waals surface area contributed by atoms with Crippen LogP contribution in [0.15, 0.2) is 36.7 Å². The van der Waals surface area contributed by atoms with Crippen molar-refractivity contribution in [1.82, 2.24) is 15.4 Å². The van der Waals surface area contributed by atoms with E-state index < -0.39 is 0 Å². The molecule has 0 radical (unpaired) electrons. The number of H-pyrrole nitrogens is 1. The highest BCUT2D eigenvalue weighted by Gasteiger charge is 2.22. The number of hydrogen-bond acceptors (Lipinski definition) is 5. The quantitative estimate of drug-likeness (QED) is 0.548. The van der Waals surface area contributed by atoms with Gasteiger partial charge in [0.15, 0.2) is 0 Å². The average Bonchev–Trinajstić information content (AvgIpc) is 3.08. The zero-order valence-electron chi connectivity index (χ0n) is 16.9. The van der Waals surface area contributed by atoms with E-state index in [1.807, 2.05) is 55.9 Å². The van der Waals surface area contributed by atoms with Gasteiger partial charge in [0.25, 0.3) is 5.91 Å². The van der Waals surface area contributed by atoms with Crippen LogP contribution in [0.25, 0.3) is 16.8 Å². The number of benzene rings is 1. The zero-order valence-corrected chi connectivity index (χ0v) is 16.9. The second-order valence-corrected chi connectivity index (χ2v) is 8.00. The molecular formula is C21H26N5O3+. The van der Waals surface area contributed by atoms with Crippen LogP contribution >= 0.6 is 0 Å². The van der Waals surface area contributed by atoms with Crippen molar-refractivity contribution in [3.63, 3.8) is 0 Å². The molecule has 2 aromatic heterocycles. The van der Waals surface area contributed by atoms with Gasteiger partial charge in [-0.1, -0.05) is 6.07 Å². The molecule has 0 unspecified atom stereocenters. The zero-order chi connectivity index (χ0) is 20.4. The highest BCUT2D eigenvalue weighted by atomic mass is 16.5. The summed E-state index contributed by atoms with van der Waals surface area (Å²) < 4.78 is 13.4. The monoisotopic (exact) mass is 396 g/mol. The fourth-order valence-corrected chi connectivity index (χ4v) is 3.19. The second-order valence-electron chi connectivity index (χ2n) is 8.00. The first-order valence-corrected chi connectivity index (χ1v) is 9.72. The Morgan fingerprint density at radius 3 is 2.90 bits per heavy atom. The molecule has 4 rings (SSSR count). The number of amides is 1. The van der Waals surface area contributed by atoms with Crippen molar-refractivity contribution in [3.05, 3.63) is 42.2 Å². The normalized spacial score (nSPS) is 14.7. The molecule has 1 amide bonds. The Bertz CT molecular complexity index is 1040. The SMILES string of the molecule is CC(C)(C)NC(=O)c1ccc2cc1OCCOCCNc1cc[n+]3[nH]cc-2c3n1. The van der Waals surface area contributed by atoms with E-state index in [2.05, 4.69) is 15.7 Å². The molecular weight excluding hydrogens is 370 g/mol. The highest BCUT2D eigenvalue weighted by molar-refractivity contribution is 5.98. The van der Waals surface area contributed by atoms with Crippen molar-refractivity contribution in [3.8, 4) is 16.9 Å².